The predicted octanol–water partition coefficient (Wildman–Crippen LogP) is 1.90. The van der Waals surface area contributed by atoms with Gasteiger partial charge in [0.2, 0.25) is 4.91 Å². The molecule has 3 fully saturated rings. The van der Waals surface area contributed by atoms with Crippen LogP contribution in [-0.2, 0) is 38.0 Å². The quantitative estimate of drug-likeness (QED) is 0.111. The van der Waals surface area contributed by atoms with E-state index in [1.807, 2.05) is 30.8 Å². The maximum atomic E-state index is 14.1. The van der Waals surface area contributed by atoms with Crippen molar-refractivity contribution in [3.63, 3.8) is 0 Å². The molecular formula is C37H69N4O13+. The first-order valence-corrected chi connectivity index (χ1v) is 18.9. The minimum absolute atomic E-state index is 0.0936. The van der Waals surface area contributed by atoms with Gasteiger partial charge in [-0.25, -0.2) is 0 Å². The highest BCUT2D eigenvalue weighted by atomic mass is 16.7. The number of ketones is 1. The summed E-state index contributed by atoms with van der Waals surface area (Å²) in [5.74, 6) is -4.98. The third-order valence-electron chi connectivity index (χ3n) is 11.8. The van der Waals surface area contributed by atoms with Gasteiger partial charge in [-0.15, -0.1) is 0 Å². The van der Waals surface area contributed by atoms with Crippen molar-refractivity contribution in [2.75, 3.05) is 21.2 Å². The molecule has 0 aromatic carbocycles. The van der Waals surface area contributed by atoms with Gasteiger partial charge in [-0.2, -0.15) is 0 Å². The lowest BCUT2D eigenvalue weighted by Crippen LogP contribution is -2.61. The summed E-state index contributed by atoms with van der Waals surface area (Å²) in [5.41, 5.74) is 6.16. The van der Waals surface area contributed by atoms with Gasteiger partial charge in [0, 0.05) is 37.3 Å². The zero-order valence-electron chi connectivity index (χ0n) is 34.4. The van der Waals surface area contributed by atoms with Crippen LogP contribution in [0.15, 0.2) is 0 Å². The van der Waals surface area contributed by atoms with Gasteiger partial charge in [-0.1, -0.05) is 27.7 Å². The van der Waals surface area contributed by atoms with Gasteiger partial charge in [-0.05, 0) is 74.9 Å². The molecule has 7 N–H and O–H groups in total. The van der Waals surface area contributed by atoms with E-state index in [1.54, 1.807) is 41.5 Å². The predicted molar refractivity (Wildman–Crippen MR) is 194 cm³/mol. The monoisotopic (exact) mass is 777 g/mol. The largest absolute Gasteiger partial charge is 0.459 e. The third-order valence-corrected chi connectivity index (χ3v) is 11.8. The summed E-state index contributed by atoms with van der Waals surface area (Å²) >= 11 is 0. The maximum Gasteiger partial charge on any atom is 0.311 e. The Morgan fingerprint density at radius 2 is 1.48 bits per heavy atom. The summed E-state index contributed by atoms with van der Waals surface area (Å²) in [7, 11) is 5.18. The van der Waals surface area contributed by atoms with E-state index in [0.717, 1.165) is 0 Å². The molecule has 3 saturated heterocycles. The van der Waals surface area contributed by atoms with Crippen LogP contribution in [0.3, 0.4) is 0 Å². The number of hydrogen-bond donors (Lipinski definition) is 7. The topological polar surface area (TPSA) is 256 Å². The van der Waals surface area contributed by atoms with Gasteiger partial charge in [0.05, 0.1) is 47.6 Å². The number of methoxy groups -OCH3 is 1. The molecule has 314 valence electrons. The molecule has 3 aliphatic heterocycles. The van der Waals surface area contributed by atoms with Crippen molar-refractivity contribution in [3.05, 3.63) is 0 Å². The number of rotatable bonds is 7. The summed E-state index contributed by atoms with van der Waals surface area (Å²) in [4.78, 5) is 31.8. The number of nitrogens with zero attached hydrogens (tertiary/aromatic N) is 2. The van der Waals surface area contributed by atoms with Crippen LogP contribution in [0.5, 0.6) is 0 Å². The molecule has 0 saturated carbocycles. The van der Waals surface area contributed by atoms with Crippen molar-refractivity contribution in [3.8, 4) is 0 Å². The Kier molecular flexibility index (Phi) is 17.3. The Morgan fingerprint density at radius 1 is 0.907 bits per heavy atom. The van der Waals surface area contributed by atoms with Crippen molar-refractivity contribution in [2.45, 2.75) is 179 Å². The third kappa shape index (κ3) is 10.9. The number of likely N-dealkylation sites (N-methyl/N-ethyl adjacent to an activating group) is 1. The number of aliphatic hydroxyl groups excluding tert-OH is 3. The second-order valence-corrected chi connectivity index (χ2v) is 16.6. The van der Waals surface area contributed by atoms with Crippen LogP contribution in [-0.4, -0.2) is 148 Å². The minimum Gasteiger partial charge on any atom is -0.459 e. The molecule has 17 nitrogen and oxygen atoms in total. The highest BCUT2D eigenvalue weighted by Gasteiger charge is 2.53. The smallest absolute Gasteiger partial charge is 0.311 e. The van der Waals surface area contributed by atoms with Gasteiger partial charge in [0.1, 0.15) is 40.8 Å². The normalized spacial score (nSPS) is 47.1. The number of aliphatic hydroxyl groups is 5. The van der Waals surface area contributed by atoms with Crippen LogP contribution in [0.25, 0.3) is 0 Å². The molecule has 0 amide bonds. The minimum atomic E-state index is -1.99. The van der Waals surface area contributed by atoms with Crippen LogP contribution in [0, 0.1) is 34.7 Å². The summed E-state index contributed by atoms with van der Waals surface area (Å²) in [6.07, 6.45) is -9.71. The molecule has 3 rings (SSSR count). The number of carbonyl (C=O) groups excluding carboxylic acids is 2. The van der Waals surface area contributed by atoms with E-state index in [2.05, 4.69) is 0 Å². The van der Waals surface area contributed by atoms with Crippen molar-refractivity contribution < 1.29 is 63.5 Å². The first-order valence-electron chi connectivity index (χ1n) is 18.9. The van der Waals surface area contributed by atoms with Gasteiger partial charge in [-0.3, -0.25) is 9.59 Å². The van der Waals surface area contributed by atoms with Crippen molar-refractivity contribution in [2.24, 2.45) is 23.7 Å². The van der Waals surface area contributed by atoms with Gasteiger partial charge >= 0.3 is 5.97 Å². The molecule has 0 aromatic rings. The molecule has 0 unspecified atom stereocenters. The van der Waals surface area contributed by atoms with E-state index in [-0.39, 0.29) is 31.4 Å². The first-order chi connectivity index (χ1) is 24.8. The molecule has 54 heavy (non-hydrogen) atoms. The van der Waals surface area contributed by atoms with Crippen molar-refractivity contribution >= 4 is 11.8 Å². The number of carbonyl (C=O) groups is 2. The highest BCUT2D eigenvalue weighted by Crippen LogP contribution is 2.40. The van der Waals surface area contributed by atoms with E-state index in [9.17, 15) is 35.1 Å². The molecule has 0 aromatic heterocycles. The summed E-state index contributed by atoms with van der Waals surface area (Å²) in [5, 5.41) is 57.6. The van der Waals surface area contributed by atoms with Crippen LogP contribution < -0.4 is 4.91 Å². The van der Waals surface area contributed by atoms with Crippen molar-refractivity contribution in [1.29, 1.82) is 11.1 Å². The maximum absolute atomic E-state index is 14.1. The van der Waals surface area contributed by atoms with Crippen LogP contribution >= 0.6 is 0 Å². The Morgan fingerprint density at radius 3 is 2.00 bits per heavy atom. The molecule has 3 aliphatic rings. The van der Waals surface area contributed by atoms with E-state index < -0.39 is 108 Å². The Hall–Kier alpha value is -1.99. The molecule has 3 heterocycles. The Labute approximate surface area is 320 Å². The lowest BCUT2D eigenvalue weighted by molar-refractivity contribution is -0.318. The van der Waals surface area contributed by atoms with Crippen LogP contribution in [0.2, 0.25) is 0 Å². The fourth-order valence-corrected chi connectivity index (χ4v) is 8.41. The van der Waals surface area contributed by atoms with Gasteiger partial charge < -0.3 is 58.9 Å². The molecule has 0 radical (unpaired) electrons. The fraction of sp³-hybridized carbons (Fsp3) is 0.946. The average molecular weight is 778 g/mol. The average Bonchev–Trinajstić information content (AvgIpc) is 3.09. The molecule has 0 spiro atoms. The molecular weight excluding hydrogens is 708 g/mol. The zero-order valence-corrected chi connectivity index (χ0v) is 34.4. The van der Waals surface area contributed by atoms with E-state index >= 15 is 0 Å². The fourth-order valence-electron chi connectivity index (χ4n) is 8.41. The number of ether oxygens (including phenoxy) is 6. The summed E-state index contributed by atoms with van der Waals surface area (Å²) in [6, 6.07) is -0.324. The number of nitrogens with one attached hydrogen (secondary N) is 2. The highest BCUT2D eigenvalue weighted by molar-refractivity contribution is 5.83. The second-order valence-electron chi connectivity index (χ2n) is 16.6. The Balaban J connectivity index is 0.00000325. The number of cyclic esters (lactones) is 1. The van der Waals surface area contributed by atoms with Gasteiger partial charge in [0.25, 0.3) is 0 Å². The summed E-state index contributed by atoms with van der Waals surface area (Å²) in [6.45, 7) is 16.3. The zero-order chi connectivity index (χ0) is 41.7. The SMILES string of the molecule is CC[C@H]1OC(=O)[C@H](C)[C@@H](O[C@H]2C[C@@](C)(OC)[C@@H](O)[C@H](C)O2)[C@@H](C)[C@@H](O[C@@H]2O[C@H](C)C[C@H](N(C)C)[C@H]2O)[C@](C)(O)C[C@@H](C)C(=O)[C@H](C)[C@H](O)[C@]1(C)O.N=[N+]=N. The second kappa shape index (κ2) is 19.4. The standard InChI is InChI=1S/C37H67NO13.H2N3/c1-14-25-37(10,45)30(41)20(4)27(39)18(2)16-35(8,44)32(51-34-28(40)24(38(11)12)15-19(3)47-34)21(5)29(22(6)33(43)49-25)50-26-17-36(9,46-13)31(42)23(7)48-26;1-3-2/h18-26,28-32,34,40-42,44-45H,14-17H2,1-13H3;1-2H/q;+1/t18-,19-,20+,21-,22-,23+,24+,25-,26+,28-,29+,30+,31+,32-,34+,35-,36-,37-;/m1./s1. The number of esters is 1. The molecule has 0 aliphatic carbocycles. The lowest BCUT2D eigenvalue weighted by atomic mass is 9.74. The summed E-state index contributed by atoms with van der Waals surface area (Å²) < 4.78 is 37.1. The first kappa shape index (κ1) is 48.2. The molecule has 18 atom stereocenters. The van der Waals surface area contributed by atoms with Crippen LogP contribution in [0.1, 0.15) is 94.9 Å². The number of Topliss-reactive ketones (excluding diaryl/α,β-unsaturated/α-hetero) is 1. The van der Waals surface area contributed by atoms with E-state index in [1.165, 1.54) is 27.9 Å². The van der Waals surface area contributed by atoms with Crippen molar-refractivity contribution in [1.82, 2.24) is 9.81 Å². The molecule has 17 heteroatoms. The lowest BCUT2D eigenvalue weighted by Gasteiger charge is -2.49. The number of hydrogen-bond acceptors (Lipinski definition) is 16. The molecule has 0 bridgehead atoms. The van der Waals surface area contributed by atoms with Crippen LogP contribution in [0.4, 0.5) is 0 Å². The van der Waals surface area contributed by atoms with E-state index in [4.69, 9.17) is 39.5 Å². The Bertz CT molecular complexity index is 1270. The van der Waals surface area contributed by atoms with Gasteiger partial charge in [0.15, 0.2) is 12.6 Å². The van der Waals surface area contributed by atoms with E-state index in [0.29, 0.717) is 6.42 Å².